The average molecular weight is 312 g/mol. The van der Waals surface area contributed by atoms with Crippen LogP contribution in [0, 0.1) is 0 Å². The van der Waals surface area contributed by atoms with E-state index >= 15 is 0 Å². The quantitative estimate of drug-likeness (QED) is 0.627. The smallest absolute Gasteiger partial charge is 0.274 e. The molecule has 1 N–H and O–H groups in total. The van der Waals surface area contributed by atoms with E-state index in [1.165, 1.54) is 13.0 Å². The minimum Gasteiger partial charge on any atom is -0.285 e. The van der Waals surface area contributed by atoms with Crippen LogP contribution in [-0.4, -0.2) is 39.0 Å². The molecule has 0 saturated heterocycles. The van der Waals surface area contributed by atoms with E-state index in [2.05, 4.69) is 4.18 Å². The van der Waals surface area contributed by atoms with Crippen molar-refractivity contribution < 1.29 is 25.6 Å². The largest absolute Gasteiger partial charge is 0.285 e. The average Bonchev–Trinajstić information content (AvgIpc) is 2.20. The van der Waals surface area contributed by atoms with Crippen LogP contribution in [0.4, 0.5) is 0 Å². The minimum absolute atomic E-state index is 0.221. The fourth-order valence-corrected chi connectivity index (χ4v) is 2.17. The first-order valence-corrected chi connectivity index (χ1v) is 8.84. The summed E-state index contributed by atoms with van der Waals surface area (Å²) in [6.45, 7) is 5.24. The van der Waals surface area contributed by atoms with Crippen LogP contribution >= 0.6 is 0 Å². The predicted octanol–water partition coefficient (Wildman–Crippen LogP) is 1.52. The normalized spacial score (nSPS) is 23.3. The van der Waals surface area contributed by atoms with Crippen LogP contribution in [0.1, 0.15) is 27.2 Å². The highest BCUT2D eigenvalue weighted by Gasteiger charge is 2.35. The van der Waals surface area contributed by atoms with Gasteiger partial charge >= 0.3 is 0 Å². The van der Waals surface area contributed by atoms with E-state index < -0.39 is 25.0 Å². The molecule has 1 aliphatic rings. The molecule has 0 aromatic heterocycles. The molecule has 8 heteroatoms. The maximum Gasteiger partial charge on any atom is 0.274 e. The molecule has 0 aromatic carbocycles. The van der Waals surface area contributed by atoms with Gasteiger partial charge in [0.25, 0.3) is 20.2 Å². The number of hydrogen-bond donors (Lipinski definition) is 1. The topological polar surface area (TPSA) is 97.7 Å². The second-order valence-electron chi connectivity index (χ2n) is 4.38. The molecule has 0 heterocycles. The zero-order chi connectivity index (χ0) is 15.3. The van der Waals surface area contributed by atoms with Crippen LogP contribution in [-0.2, 0) is 24.4 Å². The Hall–Kier alpha value is -0.700. The molecule has 1 unspecified atom stereocenters. The molecule has 0 saturated carbocycles. The zero-order valence-corrected chi connectivity index (χ0v) is 13.1. The van der Waals surface area contributed by atoms with Gasteiger partial charge in [-0.2, -0.15) is 16.8 Å². The van der Waals surface area contributed by atoms with Gasteiger partial charge in [0, 0.05) is 0 Å². The molecule has 0 fully saturated rings. The summed E-state index contributed by atoms with van der Waals surface area (Å²) in [5.74, 6) is 0. The molecule has 19 heavy (non-hydrogen) atoms. The van der Waals surface area contributed by atoms with Crippen molar-refractivity contribution in [1.82, 2.24) is 0 Å². The van der Waals surface area contributed by atoms with Gasteiger partial charge in [0.05, 0.1) is 12.9 Å². The van der Waals surface area contributed by atoms with Crippen molar-refractivity contribution in [3.63, 3.8) is 0 Å². The molecule has 0 amide bonds. The van der Waals surface area contributed by atoms with Gasteiger partial charge < -0.3 is 0 Å². The van der Waals surface area contributed by atoms with E-state index in [-0.39, 0.29) is 6.61 Å². The van der Waals surface area contributed by atoms with E-state index in [4.69, 9.17) is 4.55 Å². The lowest BCUT2D eigenvalue weighted by Gasteiger charge is -2.23. The Kier molecular flexibility index (Phi) is 6.40. The van der Waals surface area contributed by atoms with E-state index in [1.807, 2.05) is 6.92 Å². The molecule has 112 valence electrons. The summed E-state index contributed by atoms with van der Waals surface area (Å²) in [5.41, 5.74) is 1.02. The van der Waals surface area contributed by atoms with Crippen molar-refractivity contribution in [2.75, 3.05) is 12.9 Å². The van der Waals surface area contributed by atoms with E-state index in [0.717, 1.165) is 11.8 Å². The Bertz CT molecular complexity index is 556. The maximum atomic E-state index is 10.9. The van der Waals surface area contributed by atoms with Gasteiger partial charge in [0.1, 0.15) is 4.75 Å². The molecule has 0 aromatic rings. The summed E-state index contributed by atoms with van der Waals surface area (Å²) in [6, 6.07) is 0. The van der Waals surface area contributed by atoms with Gasteiger partial charge in [0.15, 0.2) is 0 Å². The van der Waals surface area contributed by atoms with Gasteiger partial charge in [-0.15, -0.1) is 0 Å². The van der Waals surface area contributed by atoms with Crippen LogP contribution in [0.25, 0.3) is 0 Å². The molecular weight excluding hydrogens is 292 g/mol. The second-order valence-corrected chi connectivity index (χ2v) is 7.91. The van der Waals surface area contributed by atoms with Crippen molar-refractivity contribution in [2.24, 2.45) is 0 Å². The number of rotatable bonds is 3. The fourth-order valence-electron chi connectivity index (χ4n) is 1.21. The predicted molar refractivity (Wildman–Crippen MR) is 73.9 cm³/mol. The third-order valence-corrected chi connectivity index (χ3v) is 4.59. The van der Waals surface area contributed by atoms with Crippen LogP contribution in [0.3, 0.4) is 0 Å². The molecule has 1 atom stereocenters. The lowest BCUT2D eigenvalue weighted by atomic mass is 9.98. The van der Waals surface area contributed by atoms with Gasteiger partial charge in [-0.25, -0.2) is 0 Å². The van der Waals surface area contributed by atoms with Crippen molar-refractivity contribution in [1.29, 1.82) is 0 Å². The molecule has 0 bridgehead atoms. The molecule has 0 aliphatic heterocycles. The van der Waals surface area contributed by atoms with Crippen molar-refractivity contribution in [3.05, 3.63) is 23.8 Å². The summed E-state index contributed by atoms with van der Waals surface area (Å²) in [5, 5.41) is 0. The lowest BCUT2D eigenvalue weighted by Crippen LogP contribution is -2.33. The van der Waals surface area contributed by atoms with Gasteiger partial charge in [-0.05, 0) is 27.2 Å². The third kappa shape index (κ3) is 6.86. The van der Waals surface area contributed by atoms with E-state index in [1.54, 1.807) is 19.1 Å². The van der Waals surface area contributed by atoms with Crippen molar-refractivity contribution in [2.45, 2.75) is 31.9 Å². The Morgan fingerprint density at radius 2 is 1.89 bits per heavy atom. The first kappa shape index (κ1) is 18.3. The summed E-state index contributed by atoms with van der Waals surface area (Å²) in [6.07, 6.45) is 6.40. The van der Waals surface area contributed by atoms with Crippen LogP contribution in [0.5, 0.6) is 0 Å². The Morgan fingerprint density at radius 1 is 1.37 bits per heavy atom. The second kappa shape index (κ2) is 6.65. The van der Waals surface area contributed by atoms with Crippen molar-refractivity contribution >= 4 is 20.2 Å². The van der Waals surface area contributed by atoms with Gasteiger partial charge in [0.2, 0.25) is 0 Å². The molecule has 0 radical (unpaired) electrons. The van der Waals surface area contributed by atoms with Crippen molar-refractivity contribution in [3.8, 4) is 0 Å². The van der Waals surface area contributed by atoms with E-state index in [0.29, 0.717) is 6.42 Å². The lowest BCUT2D eigenvalue weighted by molar-refractivity contribution is 0.342. The van der Waals surface area contributed by atoms with Gasteiger partial charge in [-0.3, -0.25) is 8.74 Å². The molecule has 0 spiro atoms. The zero-order valence-electron chi connectivity index (χ0n) is 11.5. The first-order valence-electron chi connectivity index (χ1n) is 5.59. The molecule has 1 aliphatic carbocycles. The highest BCUT2D eigenvalue weighted by Crippen LogP contribution is 2.27. The van der Waals surface area contributed by atoms with E-state index in [9.17, 15) is 16.8 Å². The molecular formula is C11H20O6S2. The molecule has 6 nitrogen and oxygen atoms in total. The summed E-state index contributed by atoms with van der Waals surface area (Å²) in [7, 11) is -7.15. The SMILES string of the molecule is CC1=CCC(C)(S(=O)(=O)O)C=C1.CCOS(C)(=O)=O. The van der Waals surface area contributed by atoms with Gasteiger partial charge in [-0.1, -0.05) is 23.8 Å². The summed E-state index contributed by atoms with van der Waals surface area (Å²) in [4.78, 5) is 0. The molecule has 1 rings (SSSR count). The Labute approximate surface area is 115 Å². The number of hydrogen-bond acceptors (Lipinski definition) is 5. The van der Waals surface area contributed by atoms with Crippen LogP contribution in [0.15, 0.2) is 23.8 Å². The Morgan fingerprint density at radius 3 is 2.11 bits per heavy atom. The maximum absolute atomic E-state index is 10.9. The highest BCUT2D eigenvalue weighted by molar-refractivity contribution is 7.87. The minimum atomic E-state index is -3.98. The summed E-state index contributed by atoms with van der Waals surface area (Å²) >= 11 is 0. The first-order chi connectivity index (χ1) is 8.41. The summed E-state index contributed by atoms with van der Waals surface area (Å²) < 4.78 is 53.7. The Balaban J connectivity index is 0.000000399. The number of allylic oxidation sites excluding steroid dienone is 3. The standard InChI is InChI=1S/C8H12O3S.C3H8O3S/c1-7-3-5-8(2,6-4-7)12(9,10)11;1-3-6-7(2,4)5/h3-5H,6H2,1-2H3,(H,9,10,11);3H2,1-2H3. The third-order valence-electron chi connectivity index (χ3n) is 2.45. The highest BCUT2D eigenvalue weighted by atomic mass is 32.2. The van der Waals surface area contributed by atoms with Crippen LogP contribution < -0.4 is 0 Å². The van der Waals surface area contributed by atoms with Crippen LogP contribution in [0.2, 0.25) is 0 Å². The fraction of sp³-hybridized carbons (Fsp3) is 0.636. The monoisotopic (exact) mass is 312 g/mol.